The Hall–Kier alpha value is -4.01. The van der Waals surface area contributed by atoms with Gasteiger partial charge in [-0.05, 0) is 57.2 Å². The summed E-state index contributed by atoms with van der Waals surface area (Å²) in [5.41, 5.74) is 6.43. The number of anilines is 1. The number of nitrogens with zero attached hydrogens (tertiary/aromatic N) is 2. The SMILES string of the molecule is CCn1cc(C(=O)OC(C)C(=O)Nc2ccc(C(N)=O)cc2)c(=O)c2ccc(C)nc21. The number of carbonyl (C=O) groups excluding carboxylic acids is 3. The van der Waals surface area contributed by atoms with Gasteiger partial charge in [-0.1, -0.05) is 0 Å². The molecule has 3 aromatic rings. The van der Waals surface area contributed by atoms with Crippen molar-refractivity contribution < 1.29 is 19.1 Å². The average Bonchev–Trinajstić information content (AvgIpc) is 2.74. The molecule has 1 atom stereocenters. The fraction of sp³-hybridized carbons (Fsp3) is 0.227. The van der Waals surface area contributed by atoms with Crippen LogP contribution in [0.4, 0.5) is 5.69 Å². The fourth-order valence-electron chi connectivity index (χ4n) is 2.99. The number of carbonyl (C=O) groups is 3. The Morgan fingerprint density at radius 1 is 1.16 bits per heavy atom. The average molecular weight is 422 g/mol. The Morgan fingerprint density at radius 2 is 1.84 bits per heavy atom. The Kier molecular flexibility index (Phi) is 6.15. The van der Waals surface area contributed by atoms with Crippen LogP contribution < -0.4 is 16.5 Å². The van der Waals surface area contributed by atoms with Crippen LogP contribution in [0.5, 0.6) is 0 Å². The van der Waals surface area contributed by atoms with E-state index in [-0.39, 0.29) is 5.56 Å². The van der Waals surface area contributed by atoms with E-state index in [0.717, 1.165) is 5.69 Å². The van der Waals surface area contributed by atoms with Gasteiger partial charge in [-0.2, -0.15) is 0 Å². The molecule has 1 unspecified atom stereocenters. The molecule has 0 radical (unpaired) electrons. The number of ether oxygens (including phenoxy) is 1. The first-order chi connectivity index (χ1) is 14.7. The molecule has 3 rings (SSSR count). The van der Waals surface area contributed by atoms with Gasteiger partial charge in [0.25, 0.3) is 5.91 Å². The third kappa shape index (κ3) is 4.61. The number of rotatable bonds is 6. The number of nitrogens with two attached hydrogens (primary N) is 1. The summed E-state index contributed by atoms with van der Waals surface area (Å²) in [6.45, 7) is 5.57. The van der Waals surface area contributed by atoms with Gasteiger partial charge in [0.05, 0.1) is 5.39 Å². The molecule has 0 saturated heterocycles. The lowest BCUT2D eigenvalue weighted by atomic mass is 10.1. The summed E-state index contributed by atoms with van der Waals surface area (Å²) in [5.74, 6) is -2.07. The van der Waals surface area contributed by atoms with Crippen molar-refractivity contribution in [3.05, 3.63) is 69.6 Å². The van der Waals surface area contributed by atoms with Gasteiger partial charge in [0.15, 0.2) is 6.10 Å². The van der Waals surface area contributed by atoms with Gasteiger partial charge < -0.3 is 20.4 Å². The highest BCUT2D eigenvalue weighted by molar-refractivity contribution is 5.99. The van der Waals surface area contributed by atoms with Crippen molar-refractivity contribution in [3.8, 4) is 0 Å². The lowest BCUT2D eigenvalue weighted by molar-refractivity contribution is -0.123. The molecule has 9 heteroatoms. The van der Waals surface area contributed by atoms with Crippen molar-refractivity contribution in [1.82, 2.24) is 9.55 Å². The summed E-state index contributed by atoms with van der Waals surface area (Å²) < 4.78 is 6.91. The van der Waals surface area contributed by atoms with Crippen LogP contribution in [-0.4, -0.2) is 33.4 Å². The number of aromatic nitrogens is 2. The second kappa shape index (κ2) is 8.78. The third-order valence-corrected chi connectivity index (χ3v) is 4.71. The molecule has 2 amide bonds. The zero-order valence-electron chi connectivity index (χ0n) is 17.3. The second-order valence-electron chi connectivity index (χ2n) is 6.96. The lowest BCUT2D eigenvalue weighted by Gasteiger charge is -2.15. The Balaban J connectivity index is 1.79. The second-order valence-corrected chi connectivity index (χ2v) is 6.96. The summed E-state index contributed by atoms with van der Waals surface area (Å²) >= 11 is 0. The molecule has 2 heterocycles. The van der Waals surface area contributed by atoms with Crippen LogP contribution in [0.1, 0.15) is 40.3 Å². The van der Waals surface area contributed by atoms with Gasteiger partial charge in [0, 0.05) is 29.7 Å². The molecule has 160 valence electrons. The molecular weight excluding hydrogens is 400 g/mol. The highest BCUT2D eigenvalue weighted by Crippen LogP contribution is 2.13. The zero-order valence-corrected chi connectivity index (χ0v) is 17.3. The number of primary amides is 1. The zero-order chi connectivity index (χ0) is 22.7. The third-order valence-electron chi connectivity index (χ3n) is 4.71. The maximum atomic E-state index is 12.8. The Labute approximate surface area is 177 Å². The van der Waals surface area contributed by atoms with Crippen LogP contribution in [-0.2, 0) is 16.1 Å². The van der Waals surface area contributed by atoms with Gasteiger partial charge in [-0.25, -0.2) is 9.78 Å². The lowest BCUT2D eigenvalue weighted by Crippen LogP contribution is -2.32. The number of nitrogens with one attached hydrogen (secondary N) is 1. The summed E-state index contributed by atoms with van der Waals surface area (Å²) in [6.07, 6.45) is 0.233. The van der Waals surface area contributed by atoms with E-state index in [4.69, 9.17) is 10.5 Å². The molecular formula is C22H22N4O5. The number of amides is 2. The van der Waals surface area contributed by atoms with E-state index in [1.165, 1.54) is 37.4 Å². The summed E-state index contributed by atoms with van der Waals surface area (Å²) in [5, 5.41) is 2.88. The Bertz CT molecular complexity index is 1230. The number of esters is 1. The van der Waals surface area contributed by atoms with E-state index < -0.39 is 29.3 Å². The number of hydrogen-bond donors (Lipinski definition) is 2. The number of aryl methyl sites for hydroxylation is 2. The molecule has 9 nitrogen and oxygen atoms in total. The first-order valence-corrected chi connectivity index (χ1v) is 9.63. The van der Waals surface area contributed by atoms with E-state index in [1.807, 2.05) is 13.8 Å². The molecule has 3 N–H and O–H groups in total. The number of hydrogen-bond acceptors (Lipinski definition) is 6. The van der Waals surface area contributed by atoms with Crippen molar-refractivity contribution in [2.24, 2.45) is 5.73 Å². The highest BCUT2D eigenvalue weighted by Gasteiger charge is 2.23. The fourth-order valence-corrected chi connectivity index (χ4v) is 2.99. The molecule has 0 bridgehead atoms. The summed E-state index contributed by atoms with van der Waals surface area (Å²) in [7, 11) is 0. The smallest absolute Gasteiger partial charge is 0.344 e. The first kappa shape index (κ1) is 21.7. The monoisotopic (exact) mass is 422 g/mol. The van der Waals surface area contributed by atoms with Crippen molar-refractivity contribution in [3.63, 3.8) is 0 Å². The molecule has 0 fully saturated rings. The topological polar surface area (TPSA) is 133 Å². The number of pyridine rings is 2. The maximum Gasteiger partial charge on any atom is 0.344 e. The van der Waals surface area contributed by atoms with Crippen molar-refractivity contribution in [1.29, 1.82) is 0 Å². The normalized spacial score (nSPS) is 11.7. The van der Waals surface area contributed by atoms with E-state index in [9.17, 15) is 19.2 Å². The Morgan fingerprint density at radius 3 is 2.45 bits per heavy atom. The molecule has 2 aromatic heterocycles. The van der Waals surface area contributed by atoms with E-state index >= 15 is 0 Å². The van der Waals surface area contributed by atoms with Gasteiger partial charge in [-0.15, -0.1) is 0 Å². The molecule has 0 spiro atoms. The molecule has 31 heavy (non-hydrogen) atoms. The first-order valence-electron chi connectivity index (χ1n) is 9.63. The van der Waals surface area contributed by atoms with Crippen molar-refractivity contribution in [2.45, 2.75) is 33.4 Å². The predicted octanol–water partition coefficient (Wildman–Crippen LogP) is 2.01. The van der Waals surface area contributed by atoms with Crippen LogP contribution in [0.15, 0.2) is 47.4 Å². The minimum atomic E-state index is -1.16. The van der Waals surface area contributed by atoms with Gasteiger partial charge in [-0.3, -0.25) is 14.4 Å². The number of fused-ring (bicyclic) bond motifs is 1. The minimum Gasteiger partial charge on any atom is -0.449 e. The standard InChI is InChI=1S/C22H22N4O5/c1-4-26-11-17(18(27)16-10-5-12(2)24-20(16)26)22(30)31-13(3)21(29)25-15-8-6-14(7-9-15)19(23)28/h5-11,13H,4H2,1-3H3,(H2,23,28)(H,25,29). The highest BCUT2D eigenvalue weighted by atomic mass is 16.5. The molecule has 0 saturated carbocycles. The quantitative estimate of drug-likeness (QED) is 0.584. The van der Waals surface area contributed by atoms with Crippen LogP contribution in [0, 0.1) is 6.92 Å². The van der Waals surface area contributed by atoms with Gasteiger partial charge in [0.2, 0.25) is 11.3 Å². The largest absolute Gasteiger partial charge is 0.449 e. The number of benzene rings is 1. The molecule has 0 aliphatic carbocycles. The molecule has 1 aromatic carbocycles. The van der Waals surface area contributed by atoms with Crippen molar-refractivity contribution in [2.75, 3.05) is 5.32 Å². The van der Waals surface area contributed by atoms with Crippen LogP contribution in [0.2, 0.25) is 0 Å². The molecule has 0 aliphatic heterocycles. The van der Waals surface area contributed by atoms with E-state index in [0.29, 0.717) is 28.8 Å². The van der Waals surface area contributed by atoms with Crippen LogP contribution >= 0.6 is 0 Å². The van der Waals surface area contributed by atoms with Crippen LogP contribution in [0.25, 0.3) is 11.0 Å². The molecule has 0 aliphatic rings. The van der Waals surface area contributed by atoms with Gasteiger partial charge >= 0.3 is 5.97 Å². The maximum absolute atomic E-state index is 12.8. The summed E-state index contributed by atoms with van der Waals surface area (Å²) in [4.78, 5) is 53.3. The predicted molar refractivity (Wildman–Crippen MR) is 115 cm³/mol. The van der Waals surface area contributed by atoms with Crippen LogP contribution in [0.3, 0.4) is 0 Å². The minimum absolute atomic E-state index is 0.175. The van der Waals surface area contributed by atoms with E-state index in [2.05, 4.69) is 10.3 Å². The van der Waals surface area contributed by atoms with E-state index in [1.54, 1.807) is 16.7 Å². The summed E-state index contributed by atoms with van der Waals surface area (Å²) in [6, 6.07) is 9.25. The van der Waals surface area contributed by atoms with Crippen molar-refractivity contribution >= 4 is 34.5 Å². The van der Waals surface area contributed by atoms with Gasteiger partial charge in [0.1, 0.15) is 11.2 Å².